The van der Waals surface area contributed by atoms with Crippen molar-refractivity contribution in [3.8, 4) is 0 Å². The van der Waals surface area contributed by atoms with E-state index in [4.69, 9.17) is 16.9 Å². The van der Waals surface area contributed by atoms with Crippen LogP contribution in [0.25, 0.3) is 0 Å². The highest BCUT2D eigenvalue weighted by Gasteiger charge is 2.26. The lowest BCUT2D eigenvalue weighted by Gasteiger charge is -2.23. The van der Waals surface area contributed by atoms with E-state index in [-0.39, 0.29) is 25.2 Å². The molecule has 0 aliphatic carbocycles. The molecule has 2 atom stereocenters. The van der Waals surface area contributed by atoms with E-state index in [2.05, 4.69) is 20.3 Å². The van der Waals surface area contributed by atoms with Crippen molar-refractivity contribution in [2.45, 2.75) is 50.1 Å². The molecule has 41 heavy (non-hydrogen) atoms. The molecule has 0 saturated heterocycles. The Morgan fingerprint density at radius 1 is 0.878 bits per heavy atom. The highest BCUT2D eigenvalue weighted by Crippen LogP contribution is 2.15. The van der Waals surface area contributed by atoms with E-state index in [1.165, 1.54) is 11.9 Å². The third kappa shape index (κ3) is 10.9. The van der Waals surface area contributed by atoms with Gasteiger partial charge in [0.25, 0.3) is 0 Å². The maximum atomic E-state index is 13.4. The number of anilines is 1. The van der Waals surface area contributed by atoms with Gasteiger partial charge in [-0.15, -0.1) is 0 Å². The summed E-state index contributed by atoms with van der Waals surface area (Å²) >= 11 is 1.37. The third-order valence-electron chi connectivity index (χ3n) is 6.24. The van der Waals surface area contributed by atoms with E-state index in [9.17, 15) is 19.5 Å². The Balaban J connectivity index is 1.65. The number of aryl methyl sites for hydroxylation is 1. The number of rotatable bonds is 16. The van der Waals surface area contributed by atoms with Crippen molar-refractivity contribution in [3.05, 3.63) is 95.3 Å². The average molecular weight is 578 g/mol. The molecule has 1 heterocycles. The molecule has 0 bridgehead atoms. The quantitative estimate of drug-likeness (QED) is 0.0578. The van der Waals surface area contributed by atoms with Crippen LogP contribution in [-0.2, 0) is 33.1 Å². The van der Waals surface area contributed by atoms with Crippen LogP contribution in [0, 0.1) is 5.41 Å². The molecule has 0 aliphatic rings. The molecule has 2 amide bonds. The van der Waals surface area contributed by atoms with Gasteiger partial charge in [0.05, 0.1) is 6.04 Å². The van der Waals surface area contributed by atoms with Crippen LogP contribution >= 0.6 is 11.9 Å². The Labute approximate surface area is 243 Å². The summed E-state index contributed by atoms with van der Waals surface area (Å²) < 4.78 is 3.22. The van der Waals surface area contributed by atoms with E-state index in [0.717, 1.165) is 16.7 Å². The van der Waals surface area contributed by atoms with Gasteiger partial charge >= 0.3 is 5.97 Å². The summed E-state index contributed by atoms with van der Waals surface area (Å²) in [6.45, 7) is 0.164. The van der Waals surface area contributed by atoms with Crippen molar-refractivity contribution >= 4 is 41.3 Å². The second kappa shape index (κ2) is 16.0. The van der Waals surface area contributed by atoms with Crippen LogP contribution in [0.4, 0.5) is 5.69 Å². The zero-order chi connectivity index (χ0) is 29.6. The molecule has 0 saturated carbocycles. The summed E-state index contributed by atoms with van der Waals surface area (Å²) in [5.74, 6) is -1.43. The fraction of sp³-hybridized carbons (Fsp3) is 0.276. The van der Waals surface area contributed by atoms with Crippen LogP contribution in [-0.4, -0.2) is 45.8 Å². The number of benzene rings is 2. The Hall–Kier alpha value is -4.42. The molecule has 12 heteroatoms. The first-order valence-corrected chi connectivity index (χ1v) is 14.0. The van der Waals surface area contributed by atoms with Crippen molar-refractivity contribution in [1.82, 2.24) is 20.3 Å². The molecular weight excluding hydrogens is 542 g/mol. The minimum absolute atomic E-state index is 0.0595. The van der Waals surface area contributed by atoms with Crippen LogP contribution < -0.4 is 26.8 Å². The van der Waals surface area contributed by atoms with Gasteiger partial charge in [-0.3, -0.25) is 29.5 Å². The topological polar surface area (TPSA) is 196 Å². The maximum absolute atomic E-state index is 13.4. The average Bonchev–Trinajstić information content (AvgIpc) is 2.97. The van der Waals surface area contributed by atoms with Crippen molar-refractivity contribution in [3.63, 3.8) is 0 Å². The van der Waals surface area contributed by atoms with Crippen LogP contribution in [0.1, 0.15) is 41.5 Å². The predicted molar refractivity (Wildman–Crippen MR) is 160 cm³/mol. The highest BCUT2D eigenvalue weighted by molar-refractivity contribution is 7.96. The number of amidine groups is 1. The van der Waals surface area contributed by atoms with Crippen LogP contribution in [0.15, 0.2) is 73.1 Å². The lowest BCUT2D eigenvalue weighted by Crippen LogP contribution is -2.52. The Kier molecular flexibility index (Phi) is 12.1. The maximum Gasteiger partial charge on any atom is 0.303 e. The van der Waals surface area contributed by atoms with Gasteiger partial charge in [-0.05, 0) is 60.2 Å². The number of aliphatic carboxylic acids is 1. The van der Waals surface area contributed by atoms with Crippen molar-refractivity contribution < 1.29 is 19.5 Å². The van der Waals surface area contributed by atoms with Crippen molar-refractivity contribution in [2.24, 2.45) is 5.73 Å². The molecule has 1 aromatic heterocycles. The molecule has 3 rings (SSSR count). The Morgan fingerprint density at radius 2 is 1.54 bits per heavy atom. The van der Waals surface area contributed by atoms with Crippen molar-refractivity contribution in [2.75, 3.05) is 5.73 Å². The molecule has 216 valence electrons. The first-order chi connectivity index (χ1) is 19.7. The fourth-order valence-electron chi connectivity index (χ4n) is 3.87. The zero-order valence-corrected chi connectivity index (χ0v) is 23.3. The number of carbonyl (C=O) groups is 3. The van der Waals surface area contributed by atoms with Gasteiger partial charge < -0.3 is 27.2 Å². The number of amides is 2. The summed E-state index contributed by atoms with van der Waals surface area (Å²) in [6, 6.07) is 16.3. The van der Waals surface area contributed by atoms with Gasteiger partial charge in [-0.2, -0.15) is 0 Å². The number of hydrogen-bond donors (Lipinski definition) is 7. The predicted octanol–water partition coefficient (Wildman–Crippen LogP) is 2.35. The minimum atomic E-state index is -1.07. The van der Waals surface area contributed by atoms with Crippen LogP contribution in [0.3, 0.4) is 0 Å². The summed E-state index contributed by atoms with van der Waals surface area (Å²) in [6.07, 6.45) is 4.07. The van der Waals surface area contributed by atoms with Gasteiger partial charge in [0.15, 0.2) is 0 Å². The second-order valence-corrected chi connectivity index (χ2v) is 10.2. The molecule has 0 radical (unpaired) electrons. The number of carboxylic acids is 1. The normalized spacial score (nSPS) is 12.2. The first kappa shape index (κ1) is 31.1. The molecule has 0 spiro atoms. The van der Waals surface area contributed by atoms with Gasteiger partial charge in [-0.25, -0.2) is 0 Å². The Morgan fingerprint density at radius 3 is 2.17 bits per heavy atom. The monoisotopic (exact) mass is 577 g/mol. The van der Waals surface area contributed by atoms with Gasteiger partial charge in [0.1, 0.15) is 11.9 Å². The number of nitrogen functional groups attached to an aromatic ring is 2. The van der Waals surface area contributed by atoms with E-state index in [1.54, 1.807) is 36.7 Å². The van der Waals surface area contributed by atoms with Crippen molar-refractivity contribution in [1.29, 1.82) is 5.41 Å². The molecule has 0 aliphatic heterocycles. The molecule has 0 unspecified atom stereocenters. The lowest BCUT2D eigenvalue weighted by molar-refractivity contribution is -0.138. The molecular formula is C29H35N7O4S. The second-order valence-electron chi connectivity index (χ2n) is 9.42. The first-order valence-electron chi connectivity index (χ1n) is 13.0. The molecule has 9 N–H and O–H groups in total. The molecule has 2 aromatic carbocycles. The number of nitrogens with two attached hydrogens (primary N) is 2. The fourth-order valence-corrected chi connectivity index (χ4v) is 4.74. The Bertz CT molecular complexity index is 1310. The SMILES string of the molecule is N=C(N)c1ccc(CNC(=O)[C@H](CCC(=O)O)NC(=O)[C@@H](CCc2ccncc2)NSCc2ccc(N)cc2)cc1. The number of nitrogens with one attached hydrogen (secondary N) is 4. The number of carbonyl (C=O) groups excluding carboxylic acids is 2. The van der Waals surface area contributed by atoms with E-state index in [1.807, 2.05) is 36.4 Å². The van der Waals surface area contributed by atoms with E-state index < -0.39 is 29.9 Å². The van der Waals surface area contributed by atoms with Crippen LogP contribution in [0.5, 0.6) is 0 Å². The smallest absolute Gasteiger partial charge is 0.303 e. The zero-order valence-electron chi connectivity index (χ0n) is 22.5. The largest absolute Gasteiger partial charge is 0.481 e. The van der Waals surface area contributed by atoms with Gasteiger partial charge in [0, 0.05) is 42.4 Å². The number of nitrogens with zero attached hydrogens (tertiary/aromatic N) is 1. The summed E-state index contributed by atoms with van der Waals surface area (Å²) in [7, 11) is 0. The highest BCUT2D eigenvalue weighted by atomic mass is 32.2. The van der Waals surface area contributed by atoms with Gasteiger partial charge in [0.2, 0.25) is 11.8 Å². The van der Waals surface area contributed by atoms with E-state index >= 15 is 0 Å². The summed E-state index contributed by atoms with van der Waals surface area (Å²) in [4.78, 5) is 41.8. The number of hydrogen-bond acceptors (Lipinski definition) is 8. The number of carboxylic acid groups (broad SMARTS) is 1. The van der Waals surface area contributed by atoms with E-state index in [0.29, 0.717) is 29.8 Å². The lowest BCUT2D eigenvalue weighted by atomic mass is 10.0. The van der Waals surface area contributed by atoms with Crippen LogP contribution in [0.2, 0.25) is 0 Å². The minimum Gasteiger partial charge on any atom is -0.481 e. The molecule has 0 fully saturated rings. The molecule has 3 aromatic rings. The number of aromatic nitrogens is 1. The van der Waals surface area contributed by atoms with Gasteiger partial charge in [-0.1, -0.05) is 48.3 Å². The standard InChI is InChI=1S/C29H35N7O4S/c30-23-8-3-21(4-9-23)18-41-36-25(10-5-19-13-15-33-16-14-19)29(40)35-24(11-12-26(37)38)28(39)34-17-20-1-6-22(7-2-20)27(31)32/h1-4,6-9,13-16,24-25,36H,5,10-12,17-18,30H2,(H3,31,32)(H,34,39)(H,35,40)(H,37,38)/t24-,25+/m0/s1. The third-order valence-corrected chi connectivity index (χ3v) is 7.17. The molecule has 11 nitrogen and oxygen atoms in total. The number of pyridine rings is 1. The summed E-state index contributed by atoms with van der Waals surface area (Å²) in [5.41, 5.74) is 15.3. The summed E-state index contributed by atoms with van der Waals surface area (Å²) in [5, 5.41) is 22.2.